The zero-order chi connectivity index (χ0) is 11.4. The Morgan fingerprint density at radius 2 is 2.44 bits per heavy atom. The van der Waals surface area contributed by atoms with E-state index in [0.717, 1.165) is 24.0 Å². The van der Waals surface area contributed by atoms with Gasteiger partial charge in [-0.1, -0.05) is 6.07 Å². The van der Waals surface area contributed by atoms with Gasteiger partial charge in [-0.05, 0) is 41.0 Å². The summed E-state index contributed by atoms with van der Waals surface area (Å²) < 4.78 is 6.49. The average Bonchev–Trinajstić information content (AvgIpc) is 2.79. The van der Waals surface area contributed by atoms with Gasteiger partial charge in [0.1, 0.15) is 17.4 Å². The maximum Gasteiger partial charge on any atom is 0.138 e. The van der Waals surface area contributed by atoms with Gasteiger partial charge in [-0.3, -0.25) is 0 Å². The van der Waals surface area contributed by atoms with Gasteiger partial charge in [0.05, 0.1) is 6.61 Å². The molecule has 1 aromatic rings. The molecular formula is C12H13BrN2O. The second kappa shape index (κ2) is 5.33. The van der Waals surface area contributed by atoms with Crippen LogP contribution in [0.25, 0.3) is 0 Å². The number of rotatable bonds is 3. The summed E-state index contributed by atoms with van der Waals surface area (Å²) in [6.07, 6.45) is 1.15. The van der Waals surface area contributed by atoms with E-state index in [4.69, 9.17) is 10.00 Å². The summed E-state index contributed by atoms with van der Waals surface area (Å²) in [5.74, 6) is 1.23. The van der Waals surface area contributed by atoms with Crippen molar-refractivity contribution in [3.8, 4) is 11.8 Å². The summed E-state index contributed by atoms with van der Waals surface area (Å²) in [5, 5.41) is 12.3. The van der Waals surface area contributed by atoms with E-state index in [9.17, 15) is 0 Å². The van der Waals surface area contributed by atoms with Gasteiger partial charge < -0.3 is 10.1 Å². The highest BCUT2D eigenvalue weighted by atomic mass is 79.9. The minimum atomic E-state index is 0.561. The van der Waals surface area contributed by atoms with Crippen molar-refractivity contribution in [2.75, 3.05) is 19.7 Å². The van der Waals surface area contributed by atoms with Crippen molar-refractivity contribution in [2.24, 2.45) is 5.92 Å². The van der Waals surface area contributed by atoms with Gasteiger partial charge >= 0.3 is 0 Å². The van der Waals surface area contributed by atoms with Gasteiger partial charge in [-0.25, -0.2) is 0 Å². The van der Waals surface area contributed by atoms with E-state index < -0.39 is 0 Å². The molecule has 1 aliphatic rings. The van der Waals surface area contributed by atoms with E-state index >= 15 is 0 Å². The smallest absolute Gasteiger partial charge is 0.138 e. The molecule has 1 saturated heterocycles. The summed E-state index contributed by atoms with van der Waals surface area (Å²) in [7, 11) is 0. The van der Waals surface area contributed by atoms with Crippen LogP contribution < -0.4 is 10.1 Å². The normalized spacial score (nSPS) is 19.4. The average molecular weight is 281 g/mol. The molecule has 0 spiro atoms. The Balaban J connectivity index is 2.03. The predicted octanol–water partition coefficient (Wildman–Crippen LogP) is 2.31. The van der Waals surface area contributed by atoms with Gasteiger partial charge in [-0.15, -0.1) is 0 Å². The van der Waals surface area contributed by atoms with Gasteiger partial charge in [0.2, 0.25) is 0 Å². The monoisotopic (exact) mass is 280 g/mol. The van der Waals surface area contributed by atoms with Crippen LogP contribution in [0.5, 0.6) is 5.75 Å². The number of nitrogens with zero attached hydrogens (tertiary/aromatic N) is 1. The van der Waals surface area contributed by atoms with Crippen LogP contribution in [0.2, 0.25) is 0 Å². The fourth-order valence-electron chi connectivity index (χ4n) is 1.80. The molecule has 1 atom stereocenters. The summed E-state index contributed by atoms with van der Waals surface area (Å²) >= 11 is 3.35. The molecular weight excluding hydrogens is 268 g/mol. The van der Waals surface area contributed by atoms with Gasteiger partial charge in [0, 0.05) is 16.9 Å². The highest BCUT2D eigenvalue weighted by Gasteiger charge is 2.16. The van der Waals surface area contributed by atoms with Crippen LogP contribution in [0.15, 0.2) is 22.7 Å². The summed E-state index contributed by atoms with van der Waals surface area (Å²) in [5.41, 5.74) is 0.577. The van der Waals surface area contributed by atoms with E-state index in [1.54, 1.807) is 0 Å². The van der Waals surface area contributed by atoms with Crippen LogP contribution >= 0.6 is 15.9 Å². The number of nitriles is 1. The third-order valence-corrected chi connectivity index (χ3v) is 3.38. The van der Waals surface area contributed by atoms with Crippen molar-refractivity contribution >= 4 is 15.9 Å². The quantitative estimate of drug-likeness (QED) is 0.924. The van der Waals surface area contributed by atoms with Crippen LogP contribution in [0, 0.1) is 17.2 Å². The Hall–Kier alpha value is -1.05. The number of benzene rings is 1. The Labute approximate surface area is 104 Å². The fourth-order valence-corrected chi connectivity index (χ4v) is 2.23. The lowest BCUT2D eigenvalue weighted by Crippen LogP contribution is -2.15. The Kier molecular flexibility index (Phi) is 3.81. The lowest BCUT2D eigenvalue weighted by Gasteiger charge is -2.12. The predicted molar refractivity (Wildman–Crippen MR) is 65.3 cm³/mol. The van der Waals surface area contributed by atoms with Gasteiger partial charge in [-0.2, -0.15) is 5.26 Å². The molecule has 1 fully saturated rings. The second-order valence-corrected chi connectivity index (χ2v) is 4.75. The van der Waals surface area contributed by atoms with Crippen molar-refractivity contribution in [1.29, 1.82) is 5.26 Å². The van der Waals surface area contributed by atoms with E-state index in [-0.39, 0.29) is 0 Å². The first-order chi connectivity index (χ1) is 7.81. The van der Waals surface area contributed by atoms with Crippen LogP contribution in [0.4, 0.5) is 0 Å². The van der Waals surface area contributed by atoms with Crippen LogP contribution in [0.3, 0.4) is 0 Å². The molecule has 3 nitrogen and oxygen atoms in total. The lowest BCUT2D eigenvalue weighted by atomic mass is 10.1. The molecule has 16 heavy (non-hydrogen) atoms. The summed E-state index contributed by atoms with van der Waals surface area (Å²) in [6.45, 7) is 2.76. The molecule has 0 amide bonds. The van der Waals surface area contributed by atoms with E-state index in [0.29, 0.717) is 23.8 Å². The van der Waals surface area contributed by atoms with Crippen LogP contribution in [-0.4, -0.2) is 19.7 Å². The highest BCUT2D eigenvalue weighted by molar-refractivity contribution is 9.10. The summed E-state index contributed by atoms with van der Waals surface area (Å²) in [6, 6.07) is 7.72. The fraction of sp³-hybridized carbons (Fsp3) is 0.417. The zero-order valence-electron chi connectivity index (χ0n) is 8.87. The van der Waals surface area contributed by atoms with Crippen molar-refractivity contribution in [1.82, 2.24) is 5.32 Å². The molecule has 0 aliphatic carbocycles. The topological polar surface area (TPSA) is 45.0 Å². The van der Waals surface area contributed by atoms with Crippen LogP contribution in [0.1, 0.15) is 12.0 Å². The SMILES string of the molecule is N#Cc1c(Br)cccc1OCC1CCNC1. The minimum Gasteiger partial charge on any atom is -0.492 e. The van der Waals surface area contributed by atoms with E-state index in [1.807, 2.05) is 18.2 Å². The number of halogens is 1. The second-order valence-electron chi connectivity index (χ2n) is 3.89. The van der Waals surface area contributed by atoms with Gasteiger partial charge in [0.15, 0.2) is 0 Å². The molecule has 0 aromatic heterocycles. The molecule has 0 bridgehead atoms. The number of hydrogen-bond acceptors (Lipinski definition) is 3. The first-order valence-electron chi connectivity index (χ1n) is 5.33. The zero-order valence-corrected chi connectivity index (χ0v) is 10.5. The van der Waals surface area contributed by atoms with Crippen molar-refractivity contribution in [3.05, 3.63) is 28.2 Å². The van der Waals surface area contributed by atoms with Gasteiger partial charge in [0.25, 0.3) is 0 Å². The van der Waals surface area contributed by atoms with E-state index in [2.05, 4.69) is 27.3 Å². The number of nitrogens with one attached hydrogen (secondary N) is 1. The van der Waals surface area contributed by atoms with Crippen LogP contribution in [-0.2, 0) is 0 Å². The maximum absolute atomic E-state index is 9.02. The molecule has 1 aromatic carbocycles. The third-order valence-electron chi connectivity index (χ3n) is 2.72. The molecule has 1 unspecified atom stereocenters. The largest absolute Gasteiger partial charge is 0.492 e. The number of ether oxygens (including phenoxy) is 1. The first-order valence-corrected chi connectivity index (χ1v) is 6.12. The minimum absolute atomic E-state index is 0.561. The molecule has 1 N–H and O–H groups in total. The molecule has 1 aliphatic heterocycles. The summed E-state index contributed by atoms with van der Waals surface area (Å²) in [4.78, 5) is 0. The standard InChI is InChI=1S/C12H13BrN2O/c13-11-2-1-3-12(10(11)6-14)16-8-9-4-5-15-7-9/h1-3,9,15H,4-5,7-8H2. The molecule has 0 saturated carbocycles. The lowest BCUT2D eigenvalue weighted by molar-refractivity contribution is 0.259. The molecule has 4 heteroatoms. The molecule has 0 radical (unpaired) electrons. The Morgan fingerprint density at radius 3 is 3.12 bits per heavy atom. The highest BCUT2D eigenvalue weighted by Crippen LogP contribution is 2.26. The number of hydrogen-bond donors (Lipinski definition) is 1. The maximum atomic E-state index is 9.02. The molecule has 84 valence electrons. The first kappa shape index (κ1) is 11.4. The molecule has 2 rings (SSSR count). The van der Waals surface area contributed by atoms with Crippen molar-refractivity contribution in [3.63, 3.8) is 0 Å². The molecule has 1 heterocycles. The Morgan fingerprint density at radius 1 is 1.56 bits per heavy atom. The van der Waals surface area contributed by atoms with E-state index in [1.165, 1.54) is 0 Å². The third kappa shape index (κ3) is 2.55. The van der Waals surface area contributed by atoms with Crippen molar-refractivity contribution < 1.29 is 4.74 Å². The van der Waals surface area contributed by atoms with Crippen molar-refractivity contribution in [2.45, 2.75) is 6.42 Å². The Bertz CT molecular complexity index is 408.